The zero-order valence-corrected chi connectivity index (χ0v) is 17.8. The Bertz CT molecular complexity index is 1170. The molecule has 0 spiro atoms. The van der Waals surface area contributed by atoms with Gasteiger partial charge in [0.15, 0.2) is 5.82 Å². The minimum Gasteiger partial charge on any atom is -0.495 e. The number of benzene rings is 2. The summed E-state index contributed by atoms with van der Waals surface area (Å²) in [6, 6.07) is 12.5. The number of hydrogen-bond acceptors (Lipinski definition) is 6. The third-order valence-corrected chi connectivity index (χ3v) is 5.22. The van der Waals surface area contributed by atoms with Crippen molar-refractivity contribution in [1.82, 2.24) is 14.8 Å². The second-order valence-electron chi connectivity index (χ2n) is 7.40. The van der Waals surface area contributed by atoms with Gasteiger partial charge < -0.3 is 20.5 Å². The Morgan fingerprint density at radius 3 is 2.84 bits per heavy atom. The summed E-state index contributed by atoms with van der Waals surface area (Å²) >= 11 is 0. The summed E-state index contributed by atoms with van der Waals surface area (Å²) in [6.07, 6.45) is 0.998. The van der Waals surface area contributed by atoms with Gasteiger partial charge in [-0.25, -0.2) is 9.07 Å². The standard InChI is InChI=1S/C23H24FN5O3/c1-14-20(22(31)26-17-9-3-4-10-18(17)32-2)21(15-7-5-8-16(24)13-15)29-23(25-14)27-19(28-29)11-6-12-30/h3-5,7-10,13,21,30H,6,11-12H2,1-2H3,(H,26,31)(H,25,27,28)/t21-/m1/s1. The van der Waals surface area contributed by atoms with Gasteiger partial charge in [-0.2, -0.15) is 10.1 Å². The molecule has 2 aromatic carbocycles. The fourth-order valence-electron chi connectivity index (χ4n) is 3.75. The van der Waals surface area contributed by atoms with Crippen molar-refractivity contribution in [3.8, 4) is 5.75 Å². The number of carbonyl (C=O) groups excluding carboxylic acids is 1. The molecule has 3 aromatic rings. The molecule has 0 radical (unpaired) electrons. The van der Waals surface area contributed by atoms with E-state index < -0.39 is 11.9 Å². The summed E-state index contributed by atoms with van der Waals surface area (Å²) in [5.74, 6) is 0.732. The third kappa shape index (κ3) is 4.19. The van der Waals surface area contributed by atoms with Crippen LogP contribution in [0.1, 0.15) is 30.8 Å². The molecule has 1 atom stereocenters. The maximum Gasteiger partial charge on any atom is 0.255 e. The number of anilines is 2. The summed E-state index contributed by atoms with van der Waals surface area (Å²) in [5, 5.41) is 19.7. The number of amides is 1. The maximum absolute atomic E-state index is 14.1. The molecule has 166 valence electrons. The van der Waals surface area contributed by atoms with Crippen LogP contribution in [0.5, 0.6) is 5.75 Å². The number of nitrogens with zero attached hydrogens (tertiary/aromatic N) is 3. The number of hydrogen-bond donors (Lipinski definition) is 3. The highest BCUT2D eigenvalue weighted by Crippen LogP contribution is 2.36. The van der Waals surface area contributed by atoms with Gasteiger partial charge in [0, 0.05) is 18.7 Å². The quantitative estimate of drug-likeness (QED) is 0.524. The van der Waals surface area contributed by atoms with Crippen molar-refractivity contribution < 1.29 is 19.0 Å². The molecule has 3 N–H and O–H groups in total. The lowest BCUT2D eigenvalue weighted by molar-refractivity contribution is -0.113. The molecular weight excluding hydrogens is 413 g/mol. The molecule has 4 rings (SSSR count). The average molecular weight is 437 g/mol. The van der Waals surface area contributed by atoms with Crippen LogP contribution in [0.2, 0.25) is 0 Å². The largest absolute Gasteiger partial charge is 0.495 e. The van der Waals surface area contributed by atoms with Crippen molar-refractivity contribution in [2.24, 2.45) is 0 Å². The van der Waals surface area contributed by atoms with E-state index in [1.165, 1.54) is 19.2 Å². The minimum absolute atomic E-state index is 0.0223. The molecule has 8 nitrogen and oxygen atoms in total. The van der Waals surface area contributed by atoms with E-state index >= 15 is 0 Å². The van der Waals surface area contributed by atoms with Crippen molar-refractivity contribution in [2.75, 3.05) is 24.4 Å². The van der Waals surface area contributed by atoms with Crippen LogP contribution < -0.4 is 15.4 Å². The highest BCUT2D eigenvalue weighted by atomic mass is 19.1. The van der Waals surface area contributed by atoms with Crippen LogP contribution in [-0.2, 0) is 11.2 Å². The van der Waals surface area contributed by atoms with Crippen LogP contribution in [0.3, 0.4) is 0 Å². The van der Waals surface area contributed by atoms with Gasteiger partial charge in [-0.1, -0.05) is 24.3 Å². The first kappa shape index (κ1) is 21.5. The first-order chi connectivity index (χ1) is 15.5. The van der Waals surface area contributed by atoms with Crippen LogP contribution in [0, 0.1) is 5.82 Å². The third-order valence-electron chi connectivity index (χ3n) is 5.22. The molecule has 1 aliphatic rings. The number of para-hydroxylation sites is 2. The molecule has 0 saturated carbocycles. The number of aliphatic hydroxyl groups is 1. The van der Waals surface area contributed by atoms with E-state index in [0.29, 0.717) is 52.9 Å². The summed E-state index contributed by atoms with van der Waals surface area (Å²) in [4.78, 5) is 17.9. The Kier molecular flexibility index (Phi) is 6.18. The van der Waals surface area contributed by atoms with Gasteiger partial charge in [0.1, 0.15) is 17.6 Å². The molecule has 0 saturated heterocycles. The molecule has 1 amide bonds. The monoisotopic (exact) mass is 437 g/mol. The summed E-state index contributed by atoms with van der Waals surface area (Å²) < 4.78 is 21.0. The molecule has 0 fully saturated rings. The number of methoxy groups -OCH3 is 1. The number of aromatic nitrogens is 3. The summed E-state index contributed by atoms with van der Waals surface area (Å²) in [6.45, 7) is 1.80. The molecule has 0 aliphatic carbocycles. The average Bonchev–Trinajstić information content (AvgIpc) is 3.19. The maximum atomic E-state index is 14.1. The van der Waals surface area contributed by atoms with E-state index in [1.54, 1.807) is 41.9 Å². The van der Waals surface area contributed by atoms with Gasteiger partial charge in [-0.3, -0.25) is 4.79 Å². The number of aryl methyl sites for hydroxylation is 1. The molecule has 2 heterocycles. The number of aliphatic hydroxyl groups excluding tert-OH is 1. The van der Waals surface area contributed by atoms with E-state index in [-0.39, 0.29) is 12.5 Å². The number of allylic oxidation sites excluding steroid dienone is 1. The zero-order chi connectivity index (χ0) is 22.7. The SMILES string of the molecule is COc1ccccc1NC(=O)C1=C(C)Nc2nc(CCCO)nn2[C@@H]1c1cccc(F)c1. The molecule has 0 unspecified atom stereocenters. The Hall–Kier alpha value is -3.72. The number of carbonyl (C=O) groups is 1. The van der Waals surface area contributed by atoms with Crippen LogP contribution in [0.15, 0.2) is 59.8 Å². The highest BCUT2D eigenvalue weighted by molar-refractivity contribution is 6.06. The predicted molar refractivity (Wildman–Crippen MR) is 118 cm³/mol. The van der Waals surface area contributed by atoms with Gasteiger partial charge in [0.25, 0.3) is 5.91 Å². The van der Waals surface area contributed by atoms with Gasteiger partial charge in [-0.05, 0) is 43.2 Å². The van der Waals surface area contributed by atoms with Crippen molar-refractivity contribution in [3.63, 3.8) is 0 Å². The van der Waals surface area contributed by atoms with E-state index in [2.05, 4.69) is 20.7 Å². The van der Waals surface area contributed by atoms with E-state index in [0.717, 1.165) is 0 Å². The number of fused-ring (bicyclic) bond motifs is 1. The number of nitrogens with one attached hydrogen (secondary N) is 2. The minimum atomic E-state index is -0.688. The van der Waals surface area contributed by atoms with E-state index in [9.17, 15) is 9.18 Å². The van der Waals surface area contributed by atoms with Crippen LogP contribution in [-0.4, -0.2) is 39.5 Å². The van der Waals surface area contributed by atoms with E-state index in [1.807, 2.05) is 6.07 Å². The van der Waals surface area contributed by atoms with E-state index in [4.69, 9.17) is 9.84 Å². The first-order valence-electron chi connectivity index (χ1n) is 10.3. The van der Waals surface area contributed by atoms with Gasteiger partial charge in [0.05, 0.1) is 18.4 Å². The zero-order valence-electron chi connectivity index (χ0n) is 17.8. The topological polar surface area (TPSA) is 101 Å². The molecular formula is C23H24FN5O3. The van der Waals surface area contributed by atoms with Crippen molar-refractivity contribution >= 4 is 17.5 Å². The van der Waals surface area contributed by atoms with Crippen LogP contribution in [0.25, 0.3) is 0 Å². The molecule has 0 bridgehead atoms. The normalized spacial score (nSPS) is 15.2. The van der Waals surface area contributed by atoms with Gasteiger partial charge >= 0.3 is 0 Å². The van der Waals surface area contributed by atoms with Crippen LogP contribution >= 0.6 is 0 Å². The Morgan fingerprint density at radius 2 is 2.09 bits per heavy atom. The second kappa shape index (κ2) is 9.19. The summed E-state index contributed by atoms with van der Waals surface area (Å²) in [5.41, 5.74) is 2.05. The molecule has 1 aromatic heterocycles. The van der Waals surface area contributed by atoms with Crippen molar-refractivity contribution in [1.29, 1.82) is 0 Å². The Balaban J connectivity index is 1.77. The number of ether oxygens (including phenoxy) is 1. The molecule has 9 heteroatoms. The summed E-state index contributed by atoms with van der Waals surface area (Å²) in [7, 11) is 1.53. The fourth-order valence-corrected chi connectivity index (χ4v) is 3.75. The predicted octanol–water partition coefficient (Wildman–Crippen LogP) is 3.28. The van der Waals surface area contributed by atoms with Gasteiger partial charge in [0.2, 0.25) is 5.95 Å². The lowest BCUT2D eigenvalue weighted by Gasteiger charge is -2.28. The first-order valence-corrected chi connectivity index (χ1v) is 10.3. The molecule has 32 heavy (non-hydrogen) atoms. The lowest BCUT2D eigenvalue weighted by atomic mass is 9.95. The fraction of sp³-hybridized carbons (Fsp3) is 0.261. The second-order valence-corrected chi connectivity index (χ2v) is 7.40. The lowest BCUT2D eigenvalue weighted by Crippen LogP contribution is -2.31. The number of rotatable bonds is 7. The van der Waals surface area contributed by atoms with Gasteiger partial charge in [-0.15, -0.1) is 0 Å². The van der Waals surface area contributed by atoms with Crippen LogP contribution in [0.4, 0.5) is 16.0 Å². The highest BCUT2D eigenvalue weighted by Gasteiger charge is 2.34. The van der Waals surface area contributed by atoms with Crippen molar-refractivity contribution in [3.05, 3.63) is 77.0 Å². The Labute approximate surface area is 184 Å². The molecule has 1 aliphatic heterocycles. The smallest absolute Gasteiger partial charge is 0.255 e. The van der Waals surface area contributed by atoms with Crippen molar-refractivity contribution in [2.45, 2.75) is 25.8 Å². The number of halogens is 1. The Morgan fingerprint density at radius 1 is 1.28 bits per heavy atom.